The van der Waals surface area contributed by atoms with E-state index in [2.05, 4.69) is 15.9 Å². The first-order valence-electron chi connectivity index (χ1n) is 7.53. The van der Waals surface area contributed by atoms with Gasteiger partial charge in [-0.2, -0.15) is 0 Å². The van der Waals surface area contributed by atoms with Crippen molar-refractivity contribution in [2.75, 3.05) is 26.2 Å². The first-order chi connectivity index (χ1) is 10.1. The molecular weight excluding hydrogens is 288 g/mol. The molecule has 114 valence electrons. The Morgan fingerprint density at radius 1 is 1.29 bits per heavy atom. The zero-order chi connectivity index (χ0) is 14.8. The van der Waals surface area contributed by atoms with Crippen LogP contribution in [0, 0.1) is 0 Å². The number of ether oxygens (including phenoxy) is 1. The van der Waals surface area contributed by atoms with Crippen LogP contribution in [0.2, 0.25) is 5.02 Å². The lowest BCUT2D eigenvalue weighted by atomic mass is 10.1. The van der Waals surface area contributed by atoms with E-state index in [0.717, 1.165) is 44.2 Å². The zero-order valence-electron chi connectivity index (χ0n) is 12.3. The van der Waals surface area contributed by atoms with Gasteiger partial charge in [-0.25, -0.2) is 0 Å². The SMILES string of the molecule is CC1CC(N2CCN(Cc3cccc(Cl)c3)CC2)C(=O)O1. The predicted molar refractivity (Wildman–Crippen MR) is 82.3 cm³/mol. The second kappa shape index (κ2) is 6.34. The highest BCUT2D eigenvalue weighted by Crippen LogP contribution is 2.21. The number of rotatable bonds is 3. The van der Waals surface area contributed by atoms with E-state index in [1.54, 1.807) is 0 Å². The average Bonchev–Trinajstić information content (AvgIpc) is 2.79. The Bertz CT molecular complexity index is 515. The van der Waals surface area contributed by atoms with Crippen LogP contribution < -0.4 is 0 Å². The number of halogens is 1. The quantitative estimate of drug-likeness (QED) is 0.801. The lowest BCUT2D eigenvalue weighted by molar-refractivity contribution is -0.145. The van der Waals surface area contributed by atoms with Gasteiger partial charge in [-0.05, 0) is 24.6 Å². The van der Waals surface area contributed by atoms with Crippen molar-refractivity contribution < 1.29 is 9.53 Å². The topological polar surface area (TPSA) is 32.8 Å². The molecule has 4 nitrogen and oxygen atoms in total. The molecule has 1 aromatic rings. The van der Waals surface area contributed by atoms with Crippen molar-refractivity contribution in [3.8, 4) is 0 Å². The van der Waals surface area contributed by atoms with E-state index < -0.39 is 0 Å². The molecule has 2 atom stereocenters. The summed E-state index contributed by atoms with van der Waals surface area (Å²) in [4.78, 5) is 16.5. The molecule has 2 heterocycles. The van der Waals surface area contributed by atoms with Gasteiger partial charge in [0.2, 0.25) is 0 Å². The summed E-state index contributed by atoms with van der Waals surface area (Å²) in [6.07, 6.45) is 0.889. The molecule has 3 rings (SSSR count). The maximum atomic E-state index is 11.8. The lowest BCUT2D eigenvalue weighted by Crippen LogP contribution is -2.51. The Hall–Kier alpha value is -1.10. The number of hydrogen-bond acceptors (Lipinski definition) is 4. The van der Waals surface area contributed by atoms with Crippen molar-refractivity contribution in [2.24, 2.45) is 0 Å². The van der Waals surface area contributed by atoms with Crippen LogP contribution in [0.3, 0.4) is 0 Å². The molecule has 0 saturated carbocycles. The first-order valence-corrected chi connectivity index (χ1v) is 7.91. The number of esters is 1. The summed E-state index contributed by atoms with van der Waals surface area (Å²) >= 11 is 6.02. The van der Waals surface area contributed by atoms with E-state index in [0.29, 0.717) is 0 Å². The molecule has 5 heteroatoms. The van der Waals surface area contributed by atoms with Crippen LogP contribution >= 0.6 is 11.6 Å². The van der Waals surface area contributed by atoms with E-state index in [1.165, 1.54) is 5.56 Å². The highest BCUT2D eigenvalue weighted by atomic mass is 35.5. The van der Waals surface area contributed by atoms with Gasteiger partial charge in [-0.1, -0.05) is 23.7 Å². The van der Waals surface area contributed by atoms with Gasteiger partial charge in [0.25, 0.3) is 0 Å². The number of benzene rings is 1. The fourth-order valence-corrected chi connectivity index (χ4v) is 3.37. The van der Waals surface area contributed by atoms with Gasteiger partial charge >= 0.3 is 5.97 Å². The Morgan fingerprint density at radius 2 is 2.05 bits per heavy atom. The Kier molecular flexibility index (Phi) is 4.48. The van der Waals surface area contributed by atoms with Crippen LogP contribution in [0.25, 0.3) is 0 Å². The molecule has 0 aliphatic carbocycles. The number of carbonyl (C=O) groups is 1. The van der Waals surface area contributed by atoms with Crippen LogP contribution in [0.1, 0.15) is 18.9 Å². The molecule has 0 bridgehead atoms. The molecule has 0 N–H and O–H groups in total. The maximum Gasteiger partial charge on any atom is 0.323 e. The van der Waals surface area contributed by atoms with E-state index >= 15 is 0 Å². The summed E-state index contributed by atoms with van der Waals surface area (Å²) in [5.74, 6) is -0.0502. The fraction of sp³-hybridized carbons (Fsp3) is 0.562. The zero-order valence-corrected chi connectivity index (χ0v) is 13.1. The summed E-state index contributed by atoms with van der Waals surface area (Å²) in [7, 11) is 0. The molecule has 0 amide bonds. The molecule has 21 heavy (non-hydrogen) atoms. The molecule has 1 aromatic carbocycles. The summed E-state index contributed by atoms with van der Waals surface area (Å²) < 4.78 is 5.25. The summed E-state index contributed by atoms with van der Waals surface area (Å²) in [5.41, 5.74) is 1.24. The average molecular weight is 309 g/mol. The van der Waals surface area contributed by atoms with Gasteiger partial charge in [-0.15, -0.1) is 0 Å². The molecule has 2 saturated heterocycles. The van der Waals surface area contributed by atoms with Gasteiger partial charge in [0.1, 0.15) is 12.1 Å². The highest BCUT2D eigenvalue weighted by molar-refractivity contribution is 6.30. The minimum absolute atomic E-state index is 0.0340. The van der Waals surface area contributed by atoms with Gasteiger partial charge in [0, 0.05) is 44.2 Å². The molecule has 0 aromatic heterocycles. The second-order valence-corrected chi connectivity index (χ2v) is 6.38. The van der Waals surface area contributed by atoms with Crippen LogP contribution in [0.5, 0.6) is 0 Å². The minimum Gasteiger partial charge on any atom is -0.461 e. The van der Waals surface area contributed by atoms with Crippen molar-refractivity contribution in [1.82, 2.24) is 9.80 Å². The third-order valence-corrected chi connectivity index (χ3v) is 4.52. The monoisotopic (exact) mass is 308 g/mol. The van der Waals surface area contributed by atoms with E-state index in [1.807, 2.05) is 25.1 Å². The Balaban J connectivity index is 1.52. The van der Waals surface area contributed by atoms with Crippen molar-refractivity contribution in [2.45, 2.75) is 32.0 Å². The lowest BCUT2D eigenvalue weighted by Gasteiger charge is -2.36. The molecule has 0 radical (unpaired) electrons. The van der Waals surface area contributed by atoms with Crippen molar-refractivity contribution in [3.63, 3.8) is 0 Å². The Morgan fingerprint density at radius 3 is 2.67 bits per heavy atom. The van der Waals surface area contributed by atoms with Crippen LogP contribution in [0.4, 0.5) is 0 Å². The normalized spacial score (nSPS) is 27.8. The van der Waals surface area contributed by atoms with Crippen molar-refractivity contribution in [3.05, 3.63) is 34.9 Å². The van der Waals surface area contributed by atoms with Crippen molar-refractivity contribution in [1.29, 1.82) is 0 Å². The molecule has 2 fully saturated rings. The van der Waals surface area contributed by atoms with Crippen molar-refractivity contribution >= 4 is 17.6 Å². The van der Waals surface area contributed by atoms with Crippen LogP contribution in [0.15, 0.2) is 24.3 Å². The maximum absolute atomic E-state index is 11.8. The largest absolute Gasteiger partial charge is 0.461 e. The predicted octanol–water partition coefficient (Wildman–Crippen LogP) is 2.16. The number of piperazine rings is 1. The highest BCUT2D eigenvalue weighted by Gasteiger charge is 2.37. The molecular formula is C16H21ClN2O2. The van der Waals surface area contributed by atoms with Gasteiger partial charge in [-0.3, -0.25) is 14.6 Å². The molecule has 2 aliphatic heterocycles. The third-order valence-electron chi connectivity index (χ3n) is 4.29. The number of hydrogen-bond donors (Lipinski definition) is 0. The molecule has 2 aliphatic rings. The number of carbonyl (C=O) groups excluding carboxylic acids is 1. The number of nitrogens with zero attached hydrogens (tertiary/aromatic N) is 2. The minimum atomic E-state index is -0.0502. The standard InChI is InChI=1S/C16H21ClN2O2/c1-12-9-15(16(20)21-12)19-7-5-18(6-8-19)11-13-3-2-4-14(17)10-13/h2-4,10,12,15H,5-9,11H2,1H3. The van der Waals surface area contributed by atoms with E-state index in [-0.39, 0.29) is 18.1 Å². The van der Waals surface area contributed by atoms with Crippen LogP contribution in [-0.2, 0) is 16.1 Å². The number of cyclic esters (lactones) is 1. The van der Waals surface area contributed by atoms with Gasteiger partial charge < -0.3 is 4.74 Å². The molecule has 2 unspecified atom stereocenters. The van der Waals surface area contributed by atoms with Gasteiger partial charge in [0.15, 0.2) is 0 Å². The van der Waals surface area contributed by atoms with E-state index in [4.69, 9.17) is 16.3 Å². The van der Waals surface area contributed by atoms with Gasteiger partial charge in [0.05, 0.1) is 0 Å². The fourth-order valence-electron chi connectivity index (χ4n) is 3.16. The smallest absolute Gasteiger partial charge is 0.323 e. The van der Waals surface area contributed by atoms with Crippen LogP contribution in [-0.4, -0.2) is 54.1 Å². The third kappa shape index (κ3) is 3.57. The second-order valence-electron chi connectivity index (χ2n) is 5.94. The van der Waals surface area contributed by atoms with E-state index in [9.17, 15) is 4.79 Å². The first kappa shape index (κ1) is 14.8. The summed E-state index contributed by atoms with van der Waals surface area (Å²) in [5, 5.41) is 0.786. The molecule has 0 spiro atoms. The Labute approximate surface area is 130 Å². The summed E-state index contributed by atoms with van der Waals surface area (Å²) in [6.45, 7) is 6.68. The summed E-state index contributed by atoms with van der Waals surface area (Å²) in [6, 6.07) is 7.98.